The molecule has 4 nitrogen and oxygen atoms in total. The fourth-order valence-electron chi connectivity index (χ4n) is 1.92. The highest BCUT2D eigenvalue weighted by Gasteiger charge is 2.38. The zero-order chi connectivity index (χ0) is 15.7. The quantitative estimate of drug-likeness (QED) is 0.808. The first-order chi connectivity index (χ1) is 9.72. The third kappa shape index (κ3) is 4.68. The van der Waals surface area contributed by atoms with Crippen molar-refractivity contribution in [3.8, 4) is 0 Å². The molecule has 0 spiro atoms. The van der Waals surface area contributed by atoms with Crippen LogP contribution < -0.4 is 10.0 Å². The minimum absolute atomic E-state index is 0.121. The van der Waals surface area contributed by atoms with Crippen molar-refractivity contribution in [3.05, 3.63) is 28.8 Å². The summed E-state index contributed by atoms with van der Waals surface area (Å²) in [7, 11) is -3.55. The fourth-order valence-corrected chi connectivity index (χ4v) is 3.67. The smallest absolute Gasteiger partial charge is 0.242 e. The Morgan fingerprint density at radius 3 is 2.57 bits per heavy atom. The molecule has 2 rings (SSSR count). The SMILES string of the molecule is CC(C)NCc1ccc(Cl)c(S(=O)(=O)NCC2(C)CC2)c1. The van der Waals surface area contributed by atoms with Crippen molar-refractivity contribution < 1.29 is 8.42 Å². The molecule has 1 aliphatic rings. The number of benzene rings is 1. The van der Waals surface area contributed by atoms with Gasteiger partial charge in [-0.2, -0.15) is 0 Å². The number of rotatable bonds is 7. The van der Waals surface area contributed by atoms with Gasteiger partial charge in [-0.25, -0.2) is 13.1 Å². The summed E-state index contributed by atoms with van der Waals surface area (Å²) in [5, 5.41) is 3.53. The molecule has 118 valence electrons. The van der Waals surface area contributed by atoms with Crippen molar-refractivity contribution in [3.63, 3.8) is 0 Å². The van der Waals surface area contributed by atoms with E-state index in [-0.39, 0.29) is 15.3 Å². The van der Waals surface area contributed by atoms with Gasteiger partial charge >= 0.3 is 0 Å². The van der Waals surface area contributed by atoms with E-state index in [9.17, 15) is 8.42 Å². The lowest BCUT2D eigenvalue weighted by molar-refractivity contribution is 0.530. The van der Waals surface area contributed by atoms with E-state index in [4.69, 9.17) is 11.6 Å². The van der Waals surface area contributed by atoms with Gasteiger partial charge in [0.15, 0.2) is 0 Å². The Kier molecular flexibility index (Phi) is 4.98. The molecule has 0 heterocycles. The standard InChI is InChI=1S/C15H23ClN2O2S/c1-11(2)17-9-12-4-5-13(16)14(8-12)21(19,20)18-10-15(3)6-7-15/h4-5,8,11,17-18H,6-7,9-10H2,1-3H3. The van der Waals surface area contributed by atoms with Crippen LogP contribution in [0.3, 0.4) is 0 Å². The van der Waals surface area contributed by atoms with Crippen molar-refractivity contribution in [1.82, 2.24) is 10.0 Å². The van der Waals surface area contributed by atoms with E-state index in [1.165, 1.54) is 0 Å². The lowest BCUT2D eigenvalue weighted by atomic mass is 10.2. The van der Waals surface area contributed by atoms with Crippen LogP contribution >= 0.6 is 11.6 Å². The molecule has 6 heteroatoms. The summed E-state index contributed by atoms with van der Waals surface area (Å²) >= 11 is 6.07. The summed E-state index contributed by atoms with van der Waals surface area (Å²) in [5.74, 6) is 0. The lowest BCUT2D eigenvalue weighted by Crippen LogP contribution is -2.29. The van der Waals surface area contributed by atoms with E-state index < -0.39 is 10.0 Å². The molecule has 21 heavy (non-hydrogen) atoms. The number of halogens is 1. The average molecular weight is 331 g/mol. The molecule has 0 atom stereocenters. The van der Waals surface area contributed by atoms with Crippen LogP contribution in [0.2, 0.25) is 5.02 Å². The van der Waals surface area contributed by atoms with Crippen molar-refractivity contribution in [2.45, 2.75) is 51.1 Å². The van der Waals surface area contributed by atoms with Crippen LogP contribution in [0.5, 0.6) is 0 Å². The highest BCUT2D eigenvalue weighted by atomic mass is 35.5. The maximum atomic E-state index is 12.4. The first-order valence-corrected chi connectivity index (χ1v) is 9.09. The summed E-state index contributed by atoms with van der Waals surface area (Å²) in [6.07, 6.45) is 2.14. The van der Waals surface area contributed by atoms with Crippen LogP contribution in [0.25, 0.3) is 0 Å². The second-order valence-corrected chi connectivity index (χ2v) is 8.58. The average Bonchev–Trinajstić information content (AvgIpc) is 3.14. The topological polar surface area (TPSA) is 58.2 Å². The molecular formula is C15H23ClN2O2S. The van der Waals surface area contributed by atoms with Gasteiger partial charge in [-0.15, -0.1) is 0 Å². The minimum atomic E-state index is -3.55. The van der Waals surface area contributed by atoms with Crippen LogP contribution in [0.15, 0.2) is 23.1 Å². The van der Waals surface area contributed by atoms with Gasteiger partial charge in [0.2, 0.25) is 10.0 Å². The highest BCUT2D eigenvalue weighted by Crippen LogP contribution is 2.44. The van der Waals surface area contributed by atoms with Crippen molar-refractivity contribution in [2.75, 3.05) is 6.54 Å². The van der Waals surface area contributed by atoms with Gasteiger partial charge in [-0.3, -0.25) is 0 Å². The van der Waals surface area contributed by atoms with Crippen LogP contribution in [0.1, 0.15) is 39.2 Å². The van der Waals surface area contributed by atoms with Gasteiger partial charge in [-0.1, -0.05) is 38.4 Å². The van der Waals surface area contributed by atoms with Gasteiger partial charge in [0.05, 0.1) is 5.02 Å². The first kappa shape index (κ1) is 16.7. The molecule has 0 saturated heterocycles. The summed E-state index contributed by atoms with van der Waals surface area (Å²) < 4.78 is 27.5. The third-order valence-corrected chi connectivity index (χ3v) is 5.67. The molecular weight excluding hydrogens is 308 g/mol. The Morgan fingerprint density at radius 1 is 1.33 bits per heavy atom. The van der Waals surface area contributed by atoms with E-state index >= 15 is 0 Å². The van der Waals surface area contributed by atoms with Gasteiger partial charge in [0, 0.05) is 19.1 Å². The Labute approximate surface area is 132 Å². The fraction of sp³-hybridized carbons (Fsp3) is 0.600. The largest absolute Gasteiger partial charge is 0.310 e. The zero-order valence-corrected chi connectivity index (χ0v) is 14.3. The number of sulfonamides is 1. The summed E-state index contributed by atoms with van der Waals surface area (Å²) in [4.78, 5) is 0.163. The number of hydrogen-bond donors (Lipinski definition) is 2. The van der Waals surface area contributed by atoms with Crippen LogP contribution in [-0.4, -0.2) is 21.0 Å². The predicted molar refractivity (Wildman–Crippen MR) is 86.0 cm³/mol. The molecule has 0 aromatic heterocycles. The van der Waals surface area contributed by atoms with E-state index in [0.717, 1.165) is 18.4 Å². The summed E-state index contributed by atoms with van der Waals surface area (Å²) in [6.45, 7) is 7.27. The van der Waals surface area contributed by atoms with Crippen LogP contribution in [0, 0.1) is 5.41 Å². The minimum Gasteiger partial charge on any atom is -0.310 e. The molecule has 0 aliphatic heterocycles. The van der Waals surface area contributed by atoms with Gasteiger partial charge < -0.3 is 5.32 Å². The monoisotopic (exact) mass is 330 g/mol. The Balaban J connectivity index is 2.14. The maximum absolute atomic E-state index is 12.4. The molecule has 2 N–H and O–H groups in total. The Morgan fingerprint density at radius 2 is 2.00 bits per heavy atom. The molecule has 0 unspecified atom stereocenters. The first-order valence-electron chi connectivity index (χ1n) is 7.23. The zero-order valence-electron chi connectivity index (χ0n) is 12.7. The van der Waals surface area contributed by atoms with Gasteiger partial charge in [-0.05, 0) is 36.0 Å². The molecule has 1 aromatic carbocycles. The molecule has 1 aliphatic carbocycles. The second kappa shape index (κ2) is 6.24. The molecule has 0 bridgehead atoms. The molecule has 1 fully saturated rings. The van der Waals surface area contributed by atoms with Gasteiger partial charge in [0.25, 0.3) is 0 Å². The summed E-state index contributed by atoms with van der Waals surface area (Å²) in [6, 6.07) is 5.48. The lowest BCUT2D eigenvalue weighted by Gasteiger charge is -2.14. The molecule has 0 amide bonds. The van der Waals surface area contributed by atoms with Crippen LogP contribution in [-0.2, 0) is 16.6 Å². The summed E-state index contributed by atoms with van der Waals surface area (Å²) in [5.41, 5.74) is 1.03. The maximum Gasteiger partial charge on any atom is 0.242 e. The van der Waals surface area contributed by atoms with Gasteiger partial charge in [0.1, 0.15) is 4.90 Å². The predicted octanol–water partition coefficient (Wildman–Crippen LogP) is 2.92. The second-order valence-electron chi connectivity index (χ2n) is 6.44. The van der Waals surface area contributed by atoms with E-state index in [1.807, 2.05) is 19.9 Å². The van der Waals surface area contributed by atoms with E-state index in [2.05, 4.69) is 17.0 Å². The van der Waals surface area contributed by atoms with Crippen LogP contribution in [0.4, 0.5) is 0 Å². The molecule has 1 saturated carbocycles. The molecule has 1 aromatic rings. The third-order valence-electron chi connectivity index (χ3n) is 3.79. The number of nitrogens with one attached hydrogen (secondary N) is 2. The highest BCUT2D eigenvalue weighted by molar-refractivity contribution is 7.89. The number of hydrogen-bond acceptors (Lipinski definition) is 3. The normalized spacial score (nSPS) is 17.2. The Hall–Kier alpha value is -0.620. The molecule has 0 radical (unpaired) electrons. The van der Waals surface area contributed by atoms with E-state index in [0.29, 0.717) is 19.1 Å². The van der Waals surface area contributed by atoms with E-state index in [1.54, 1.807) is 12.1 Å². The Bertz CT molecular complexity index is 610. The van der Waals surface area contributed by atoms with Crippen molar-refractivity contribution in [1.29, 1.82) is 0 Å². The van der Waals surface area contributed by atoms with Crippen molar-refractivity contribution in [2.24, 2.45) is 5.41 Å². The van der Waals surface area contributed by atoms with Crippen molar-refractivity contribution >= 4 is 21.6 Å².